The van der Waals surface area contributed by atoms with E-state index in [0.29, 0.717) is 13.2 Å². The highest BCUT2D eigenvalue weighted by molar-refractivity contribution is 5.84. The number of carbonyl (C=O) groups is 1. The van der Waals surface area contributed by atoms with Crippen molar-refractivity contribution in [3.63, 3.8) is 0 Å². The quantitative estimate of drug-likeness (QED) is 0.917. The van der Waals surface area contributed by atoms with E-state index in [4.69, 9.17) is 9.47 Å². The minimum Gasteiger partial charge on any atom is -0.497 e. The van der Waals surface area contributed by atoms with Crippen LogP contribution in [0, 0.1) is 0 Å². The lowest BCUT2D eigenvalue weighted by Crippen LogP contribution is -2.23. The number of nitrogens with one attached hydrogen (secondary N) is 1. The molecule has 2 aromatic rings. The van der Waals surface area contributed by atoms with Crippen molar-refractivity contribution in [1.29, 1.82) is 0 Å². The predicted octanol–water partition coefficient (Wildman–Crippen LogP) is 3.09. The molecule has 0 saturated carbocycles. The van der Waals surface area contributed by atoms with E-state index in [-0.39, 0.29) is 0 Å². The van der Waals surface area contributed by atoms with Crippen molar-refractivity contribution < 1.29 is 14.3 Å². The number of amides is 1. The van der Waals surface area contributed by atoms with Crippen LogP contribution in [0.2, 0.25) is 0 Å². The van der Waals surface area contributed by atoms with Crippen LogP contribution in [0.3, 0.4) is 0 Å². The van der Waals surface area contributed by atoms with E-state index in [1.54, 1.807) is 14.0 Å². The maximum Gasteiger partial charge on any atom is 0.407 e. The summed E-state index contributed by atoms with van der Waals surface area (Å²) in [5, 5.41) is 4.93. The van der Waals surface area contributed by atoms with Gasteiger partial charge in [-0.3, -0.25) is 0 Å². The van der Waals surface area contributed by atoms with Crippen molar-refractivity contribution in [2.24, 2.45) is 0 Å². The van der Waals surface area contributed by atoms with Gasteiger partial charge in [0.15, 0.2) is 0 Å². The number of benzene rings is 2. The molecule has 0 aliphatic carbocycles. The van der Waals surface area contributed by atoms with Gasteiger partial charge in [0.05, 0.1) is 13.7 Å². The van der Waals surface area contributed by atoms with Crippen molar-refractivity contribution in [2.45, 2.75) is 13.5 Å². The molecule has 0 atom stereocenters. The van der Waals surface area contributed by atoms with Gasteiger partial charge in [-0.25, -0.2) is 4.79 Å². The molecule has 4 heteroatoms. The second-order valence-electron chi connectivity index (χ2n) is 4.12. The Morgan fingerprint density at radius 1 is 1.16 bits per heavy atom. The van der Waals surface area contributed by atoms with Crippen molar-refractivity contribution in [2.75, 3.05) is 13.7 Å². The van der Waals surface area contributed by atoms with Crippen molar-refractivity contribution in [3.05, 3.63) is 42.0 Å². The Bertz CT molecular complexity index is 581. The second kappa shape index (κ2) is 6.09. The van der Waals surface area contributed by atoms with Crippen LogP contribution in [-0.2, 0) is 11.3 Å². The van der Waals surface area contributed by atoms with Crippen LogP contribution in [0.4, 0.5) is 4.79 Å². The third-order valence-electron chi connectivity index (χ3n) is 2.82. The van der Waals surface area contributed by atoms with Gasteiger partial charge in [0, 0.05) is 6.54 Å². The summed E-state index contributed by atoms with van der Waals surface area (Å²) >= 11 is 0. The number of alkyl carbamates (subject to hydrolysis) is 1. The Morgan fingerprint density at radius 3 is 2.63 bits per heavy atom. The van der Waals surface area contributed by atoms with E-state index >= 15 is 0 Å². The van der Waals surface area contributed by atoms with Crippen LogP contribution in [0.15, 0.2) is 36.4 Å². The number of carbonyl (C=O) groups excluding carboxylic acids is 1. The molecule has 0 spiro atoms. The largest absolute Gasteiger partial charge is 0.497 e. The third-order valence-corrected chi connectivity index (χ3v) is 2.82. The van der Waals surface area contributed by atoms with Crippen LogP contribution in [0.5, 0.6) is 5.75 Å². The average molecular weight is 259 g/mol. The minimum atomic E-state index is -0.391. The number of methoxy groups -OCH3 is 1. The molecule has 19 heavy (non-hydrogen) atoms. The monoisotopic (exact) mass is 259 g/mol. The lowest BCUT2D eigenvalue weighted by Gasteiger charge is -2.07. The fourth-order valence-electron chi connectivity index (χ4n) is 1.87. The zero-order chi connectivity index (χ0) is 13.7. The van der Waals surface area contributed by atoms with Crippen LogP contribution in [0.1, 0.15) is 12.5 Å². The van der Waals surface area contributed by atoms with Crippen LogP contribution in [0.25, 0.3) is 10.8 Å². The highest BCUT2D eigenvalue weighted by Gasteiger charge is 2.02. The van der Waals surface area contributed by atoms with E-state index in [2.05, 4.69) is 5.32 Å². The molecule has 0 saturated heterocycles. The van der Waals surface area contributed by atoms with Crippen molar-refractivity contribution >= 4 is 16.9 Å². The van der Waals surface area contributed by atoms with Gasteiger partial charge in [0.1, 0.15) is 5.75 Å². The minimum absolute atomic E-state index is 0.378. The average Bonchev–Trinajstić information content (AvgIpc) is 2.44. The predicted molar refractivity (Wildman–Crippen MR) is 74.4 cm³/mol. The SMILES string of the molecule is CCOC(=O)NCc1ccc2cc(OC)ccc2c1. The lowest BCUT2D eigenvalue weighted by molar-refractivity contribution is 0.151. The fourth-order valence-corrected chi connectivity index (χ4v) is 1.87. The summed E-state index contributed by atoms with van der Waals surface area (Å²) in [5.74, 6) is 0.838. The van der Waals surface area contributed by atoms with Gasteiger partial charge in [-0.2, -0.15) is 0 Å². The van der Waals surface area contributed by atoms with E-state index in [1.807, 2.05) is 36.4 Å². The molecule has 0 fully saturated rings. The van der Waals surface area contributed by atoms with Crippen LogP contribution in [-0.4, -0.2) is 19.8 Å². The molecule has 0 aliphatic rings. The number of hydrogen-bond acceptors (Lipinski definition) is 3. The molecule has 100 valence electrons. The van der Waals surface area contributed by atoms with Gasteiger partial charge in [-0.1, -0.05) is 18.2 Å². The van der Waals surface area contributed by atoms with Crippen molar-refractivity contribution in [1.82, 2.24) is 5.32 Å². The van der Waals surface area contributed by atoms with Gasteiger partial charge in [-0.05, 0) is 41.5 Å². The molecular weight excluding hydrogens is 242 g/mol. The van der Waals surface area contributed by atoms with Gasteiger partial charge < -0.3 is 14.8 Å². The van der Waals surface area contributed by atoms with Crippen LogP contribution >= 0.6 is 0 Å². The molecule has 4 nitrogen and oxygen atoms in total. The summed E-state index contributed by atoms with van der Waals surface area (Å²) in [7, 11) is 1.65. The first-order valence-corrected chi connectivity index (χ1v) is 6.20. The van der Waals surface area contributed by atoms with Gasteiger partial charge >= 0.3 is 6.09 Å². The zero-order valence-electron chi connectivity index (χ0n) is 11.1. The first-order chi connectivity index (χ1) is 9.22. The molecule has 0 aliphatic heterocycles. The molecule has 0 bridgehead atoms. The summed E-state index contributed by atoms with van der Waals surface area (Å²) in [6, 6.07) is 11.9. The summed E-state index contributed by atoms with van der Waals surface area (Å²) in [5.41, 5.74) is 1.03. The van der Waals surface area contributed by atoms with E-state index < -0.39 is 6.09 Å². The molecule has 0 heterocycles. The first kappa shape index (κ1) is 13.2. The number of ether oxygens (including phenoxy) is 2. The van der Waals surface area contributed by atoms with Crippen molar-refractivity contribution in [3.8, 4) is 5.75 Å². The Morgan fingerprint density at radius 2 is 1.89 bits per heavy atom. The topological polar surface area (TPSA) is 47.6 Å². The van der Waals surface area contributed by atoms with Gasteiger partial charge in [0.2, 0.25) is 0 Å². The Labute approximate surface area is 112 Å². The van der Waals surface area contributed by atoms with Gasteiger partial charge in [0.25, 0.3) is 0 Å². The van der Waals surface area contributed by atoms with E-state index in [1.165, 1.54) is 0 Å². The Balaban J connectivity index is 2.11. The number of rotatable bonds is 4. The maximum absolute atomic E-state index is 11.2. The van der Waals surface area contributed by atoms with E-state index in [9.17, 15) is 4.79 Å². The highest BCUT2D eigenvalue weighted by atomic mass is 16.5. The number of hydrogen-bond donors (Lipinski definition) is 1. The highest BCUT2D eigenvalue weighted by Crippen LogP contribution is 2.21. The number of fused-ring (bicyclic) bond motifs is 1. The zero-order valence-corrected chi connectivity index (χ0v) is 11.1. The molecule has 0 aromatic heterocycles. The third kappa shape index (κ3) is 3.37. The summed E-state index contributed by atoms with van der Waals surface area (Å²) in [4.78, 5) is 11.2. The smallest absolute Gasteiger partial charge is 0.407 e. The molecular formula is C15H17NO3. The summed E-state index contributed by atoms with van der Waals surface area (Å²) in [6.07, 6.45) is -0.391. The normalized spacial score (nSPS) is 10.2. The second-order valence-corrected chi connectivity index (χ2v) is 4.12. The molecule has 0 unspecified atom stereocenters. The summed E-state index contributed by atoms with van der Waals surface area (Å²) in [6.45, 7) is 2.62. The van der Waals surface area contributed by atoms with Gasteiger partial charge in [-0.15, -0.1) is 0 Å². The standard InChI is InChI=1S/C15H17NO3/c1-3-19-15(17)16-10-11-4-5-13-9-14(18-2)7-6-12(13)8-11/h4-9H,3,10H2,1-2H3,(H,16,17). The maximum atomic E-state index is 11.2. The molecule has 2 rings (SSSR count). The molecule has 1 N–H and O–H groups in total. The Hall–Kier alpha value is -2.23. The molecule has 1 amide bonds. The lowest BCUT2D eigenvalue weighted by atomic mass is 10.1. The van der Waals surface area contributed by atoms with Crippen LogP contribution < -0.4 is 10.1 Å². The molecule has 0 radical (unpaired) electrons. The van der Waals surface area contributed by atoms with E-state index in [0.717, 1.165) is 22.1 Å². The fraction of sp³-hybridized carbons (Fsp3) is 0.267. The summed E-state index contributed by atoms with van der Waals surface area (Å²) < 4.78 is 10.00. The Kier molecular flexibility index (Phi) is 4.23. The first-order valence-electron chi connectivity index (χ1n) is 6.20. The molecule has 2 aromatic carbocycles.